The monoisotopic (exact) mass is 282 g/mol. The highest BCUT2D eigenvalue weighted by atomic mass is 32.2. The van der Waals surface area contributed by atoms with Gasteiger partial charge in [-0.05, 0) is 30.3 Å². The van der Waals surface area contributed by atoms with Gasteiger partial charge in [-0.15, -0.1) is 0 Å². The topological polar surface area (TPSA) is 28.7 Å². The Morgan fingerprint density at radius 3 is 3.15 bits per heavy atom. The van der Waals surface area contributed by atoms with E-state index < -0.39 is 0 Å². The number of furan rings is 1. The van der Waals surface area contributed by atoms with Gasteiger partial charge in [0.05, 0.1) is 18.5 Å². The fraction of sp³-hybridized carbons (Fsp3) is 0.188. The number of nitrogens with zero attached hydrogens (tertiary/aromatic N) is 2. The van der Waals surface area contributed by atoms with Gasteiger partial charge in [-0.3, -0.25) is 4.99 Å². The van der Waals surface area contributed by atoms with Crippen molar-refractivity contribution in [1.82, 2.24) is 4.90 Å². The zero-order chi connectivity index (χ0) is 13.7. The van der Waals surface area contributed by atoms with Gasteiger partial charge < -0.3 is 9.32 Å². The molecule has 1 aromatic carbocycles. The quantitative estimate of drug-likeness (QED) is 0.833. The number of aliphatic imine (C=N–C) groups is 1. The average molecular weight is 282 g/mol. The van der Waals surface area contributed by atoms with Gasteiger partial charge in [-0.25, -0.2) is 0 Å². The van der Waals surface area contributed by atoms with Gasteiger partial charge in [0.25, 0.3) is 0 Å². The van der Waals surface area contributed by atoms with Crippen molar-refractivity contribution < 1.29 is 4.42 Å². The molecule has 0 fully saturated rings. The average Bonchev–Trinajstić information content (AvgIpc) is 3.14. The van der Waals surface area contributed by atoms with E-state index in [2.05, 4.69) is 35.5 Å². The maximum atomic E-state index is 5.63. The lowest BCUT2D eigenvalue weighted by Crippen LogP contribution is -2.20. The first-order valence-electron chi connectivity index (χ1n) is 6.63. The van der Waals surface area contributed by atoms with Gasteiger partial charge in [0, 0.05) is 22.4 Å². The molecule has 0 bridgehead atoms. The second-order valence-corrected chi connectivity index (χ2v) is 5.94. The second kappa shape index (κ2) is 4.28. The second-order valence-electron chi connectivity index (χ2n) is 4.93. The summed E-state index contributed by atoms with van der Waals surface area (Å²) in [5.74, 6) is 0. The van der Waals surface area contributed by atoms with Crippen LogP contribution in [0.3, 0.4) is 0 Å². The Bertz CT molecular complexity index is 785. The first-order valence-corrected chi connectivity index (χ1v) is 7.45. The summed E-state index contributed by atoms with van der Waals surface area (Å²) >= 11 is 1.71. The third-order valence-electron chi connectivity index (χ3n) is 3.76. The molecule has 0 radical (unpaired) electrons. The molecule has 0 atom stereocenters. The standard InChI is InChI=1S/C16H14N2OS/c1-3-13-14(18-8-7-17-16(18)20-13)11-5-4-10(2)15-12(11)6-9-19-15/h3-6,9H,1,7-8H2,2H3. The first kappa shape index (κ1) is 11.9. The minimum Gasteiger partial charge on any atom is -0.464 e. The SMILES string of the molecule is C=CC1=C(c2ccc(C)c3occc23)N2CCN=C2S1. The van der Waals surface area contributed by atoms with Crippen LogP contribution in [0.15, 0.2) is 51.4 Å². The van der Waals surface area contributed by atoms with Crippen molar-refractivity contribution in [1.29, 1.82) is 0 Å². The van der Waals surface area contributed by atoms with E-state index in [-0.39, 0.29) is 0 Å². The molecule has 4 heteroatoms. The van der Waals surface area contributed by atoms with Crippen molar-refractivity contribution in [3.05, 3.63) is 53.1 Å². The molecule has 100 valence electrons. The molecular weight excluding hydrogens is 268 g/mol. The summed E-state index contributed by atoms with van der Waals surface area (Å²) in [7, 11) is 0. The molecule has 3 nitrogen and oxygen atoms in total. The summed E-state index contributed by atoms with van der Waals surface area (Å²) in [6, 6.07) is 6.33. The lowest BCUT2D eigenvalue weighted by Gasteiger charge is -2.18. The highest BCUT2D eigenvalue weighted by Crippen LogP contribution is 2.44. The Kier molecular flexibility index (Phi) is 2.54. The van der Waals surface area contributed by atoms with Crippen LogP contribution in [0, 0.1) is 6.92 Å². The van der Waals surface area contributed by atoms with Gasteiger partial charge in [0.2, 0.25) is 0 Å². The van der Waals surface area contributed by atoms with Crippen LogP contribution in [-0.2, 0) is 0 Å². The third-order valence-corrected chi connectivity index (χ3v) is 4.87. The van der Waals surface area contributed by atoms with Crippen molar-refractivity contribution in [3.8, 4) is 0 Å². The van der Waals surface area contributed by atoms with Crippen LogP contribution >= 0.6 is 11.8 Å². The van der Waals surface area contributed by atoms with Crippen LogP contribution in [0.2, 0.25) is 0 Å². The van der Waals surface area contributed by atoms with Gasteiger partial charge in [-0.2, -0.15) is 0 Å². The Hall–Kier alpha value is -1.94. The van der Waals surface area contributed by atoms with Crippen LogP contribution in [-0.4, -0.2) is 23.2 Å². The number of amidine groups is 1. The third kappa shape index (κ3) is 1.51. The summed E-state index contributed by atoms with van der Waals surface area (Å²) in [6.45, 7) is 7.84. The van der Waals surface area contributed by atoms with Crippen molar-refractivity contribution in [2.75, 3.05) is 13.1 Å². The highest BCUT2D eigenvalue weighted by molar-refractivity contribution is 8.17. The summed E-state index contributed by atoms with van der Waals surface area (Å²) in [5.41, 5.74) is 4.55. The minimum atomic E-state index is 0.872. The molecule has 0 amide bonds. The largest absolute Gasteiger partial charge is 0.464 e. The Morgan fingerprint density at radius 2 is 2.30 bits per heavy atom. The molecule has 3 heterocycles. The van der Waals surface area contributed by atoms with Crippen molar-refractivity contribution in [2.24, 2.45) is 4.99 Å². The fourth-order valence-electron chi connectivity index (χ4n) is 2.82. The highest BCUT2D eigenvalue weighted by Gasteiger charge is 2.32. The van der Waals surface area contributed by atoms with Crippen LogP contribution < -0.4 is 0 Å². The molecule has 20 heavy (non-hydrogen) atoms. The molecule has 0 saturated carbocycles. The van der Waals surface area contributed by atoms with Gasteiger partial charge >= 0.3 is 0 Å². The van der Waals surface area contributed by atoms with E-state index in [4.69, 9.17) is 4.42 Å². The number of fused-ring (bicyclic) bond motifs is 2. The van der Waals surface area contributed by atoms with Crippen molar-refractivity contribution >= 4 is 33.6 Å². The van der Waals surface area contributed by atoms with Crippen molar-refractivity contribution in [3.63, 3.8) is 0 Å². The van der Waals surface area contributed by atoms with Crippen LogP contribution in [0.4, 0.5) is 0 Å². The molecule has 2 aromatic rings. The van der Waals surface area contributed by atoms with E-state index in [9.17, 15) is 0 Å². The molecule has 2 aliphatic heterocycles. The van der Waals surface area contributed by atoms with E-state index in [0.29, 0.717) is 0 Å². The molecule has 0 unspecified atom stereocenters. The summed E-state index contributed by atoms with van der Waals surface area (Å²) in [6.07, 6.45) is 3.68. The lowest BCUT2D eigenvalue weighted by atomic mass is 10.0. The first-order chi connectivity index (χ1) is 9.79. The zero-order valence-electron chi connectivity index (χ0n) is 11.2. The molecule has 2 aliphatic rings. The van der Waals surface area contributed by atoms with Crippen molar-refractivity contribution in [2.45, 2.75) is 6.92 Å². The molecule has 1 aromatic heterocycles. The van der Waals surface area contributed by atoms with Gasteiger partial charge in [0.1, 0.15) is 5.58 Å². The Labute approximate surface area is 121 Å². The predicted octanol–water partition coefficient (Wildman–Crippen LogP) is 4.01. The van der Waals surface area contributed by atoms with Crippen LogP contribution in [0.25, 0.3) is 16.7 Å². The minimum absolute atomic E-state index is 0.872. The predicted molar refractivity (Wildman–Crippen MR) is 84.7 cm³/mol. The van der Waals surface area contributed by atoms with Gasteiger partial charge in [0.15, 0.2) is 5.17 Å². The molecule has 0 aliphatic carbocycles. The zero-order valence-corrected chi connectivity index (χ0v) is 12.0. The summed E-state index contributed by atoms with van der Waals surface area (Å²) < 4.78 is 5.63. The Morgan fingerprint density at radius 1 is 1.40 bits per heavy atom. The number of hydrogen-bond acceptors (Lipinski definition) is 4. The molecule has 0 N–H and O–H groups in total. The number of benzene rings is 1. The number of allylic oxidation sites excluding steroid dienone is 1. The summed E-state index contributed by atoms with van der Waals surface area (Å²) in [4.78, 5) is 8.02. The molecular formula is C16H14N2OS. The number of rotatable bonds is 2. The van der Waals surface area contributed by atoms with E-state index in [1.807, 2.05) is 12.1 Å². The van der Waals surface area contributed by atoms with Crippen LogP contribution in [0.5, 0.6) is 0 Å². The van der Waals surface area contributed by atoms with Gasteiger partial charge in [-0.1, -0.05) is 24.8 Å². The maximum Gasteiger partial charge on any atom is 0.168 e. The lowest BCUT2D eigenvalue weighted by molar-refractivity contribution is 0.613. The molecule has 0 spiro atoms. The number of hydrogen-bond donors (Lipinski definition) is 0. The fourth-order valence-corrected chi connectivity index (χ4v) is 3.87. The normalized spacial score (nSPS) is 17.9. The smallest absolute Gasteiger partial charge is 0.168 e. The van der Waals surface area contributed by atoms with E-state index in [0.717, 1.165) is 34.8 Å². The van der Waals surface area contributed by atoms with Crippen LogP contribution in [0.1, 0.15) is 11.1 Å². The molecule has 4 rings (SSSR count). The number of aryl methyl sites for hydroxylation is 1. The summed E-state index contributed by atoms with van der Waals surface area (Å²) in [5, 5.41) is 2.25. The van der Waals surface area contributed by atoms with E-state index >= 15 is 0 Å². The molecule has 0 saturated heterocycles. The Balaban J connectivity index is 1.98. The maximum absolute atomic E-state index is 5.63. The van der Waals surface area contributed by atoms with E-state index in [1.165, 1.54) is 16.2 Å². The number of thioether (sulfide) groups is 1. The van der Waals surface area contributed by atoms with E-state index in [1.54, 1.807) is 18.0 Å².